The fourth-order valence-electron chi connectivity index (χ4n) is 2.91. The highest BCUT2D eigenvalue weighted by Crippen LogP contribution is 2.44. The number of fused-ring (bicyclic) bond motifs is 3. The minimum absolute atomic E-state index is 0.233. The summed E-state index contributed by atoms with van der Waals surface area (Å²) in [5, 5.41) is 11.6. The molecule has 2 atom stereocenters. The van der Waals surface area contributed by atoms with Gasteiger partial charge in [0.2, 0.25) is 0 Å². The van der Waals surface area contributed by atoms with Crippen LogP contribution in [0.3, 0.4) is 0 Å². The van der Waals surface area contributed by atoms with E-state index in [-0.39, 0.29) is 5.58 Å². The predicted octanol–water partition coefficient (Wildman–Crippen LogP) is 2.88. The maximum absolute atomic E-state index is 12.2. The van der Waals surface area contributed by atoms with E-state index >= 15 is 0 Å². The first-order chi connectivity index (χ1) is 11.7. The molecule has 2 heterocycles. The van der Waals surface area contributed by atoms with Crippen molar-refractivity contribution in [3.05, 3.63) is 51.9 Å². The molecule has 6 heteroatoms. The van der Waals surface area contributed by atoms with Crippen molar-refractivity contribution < 1.29 is 23.8 Å². The summed E-state index contributed by atoms with van der Waals surface area (Å²) >= 11 is 0. The van der Waals surface area contributed by atoms with Crippen LogP contribution in [0.1, 0.15) is 39.4 Å². The van der Waals surface area contributed by atoms with E-state index in [1.165, 1.54) is 6.07 Å². The van der Waals surface area contributed by atoms with Gasteiger partial charge in [0, 0.05) is 17.0 Å². The quantitative estimate of drug-likeness (QED) is 0.512. The Labute approximate surface area is 144 Å². The van der Waals surface area contributed by atoms with Gasteiger partial charge in [0.1, 0.15) is 23.0 Å². The van der Waals surface area contributed by atoms with Crippen molar-refractivity contribution in [3.63, 3.8) is 0 Å². The molecular formula is C19H20O6. The summed E-state index contributed by atoms with van der Waals surface area (Å²) in [5.41, 5.74) is -0.518. The van der Waals surface area contributed by atoms with Crippen molar-refractivity contribution in [1.82, 2.24) is 0 Å². The molecule has 2 aromatic rings. The molecule has 0 saturated carbocycles. The summed E-state index contributed by atoms with van der Waals surface area (Å²) in [4.78, 5) is 23.8. The normalized spacial score (nSPS) is 22.2. The summed E-state index contributed by atoms with van der Waals surface area (Å²) < 4.78 is 16.7. The molecule has 0 spiro atoms. The Morgan fingerprint density at radius 3 is 2.64 bits per heavy atom. The van der Waals surface area contributed by atoms with E-state index in [1.54, 1.807) is 52.0 Å². The van der Waals surface area contributed by atoms with Crippen LogP contribution in [0.5, 0.6) is 5.75 Å². The van der Waals surface area contributed by atoms with Gasteiger partial charge < -0.3 is 19.0 Å². The maximum atomic E-state index is 12.2. The van der Waals surface area contributed by atoms with Crippen molar-refractivity contribution >= 4 is 16.9 Å². The van der Waals surface area contributed by atoms with Crippen molar-refractivity contribution in [1.29, 1.82) is 0 Å². The van der Waals surface area contributed by atoms with Crippen LogP contribution in [0.2, 0.25) is 0 Å². The van der Waals surface area contributed by atoms with E-state index in [2.05, 4.69) is 0 Å². The van der Waals surface area contributed by atoms with Crippen molar-refractivity contribution in [2.75, 3.05) is 0 Å². The molecule has 0 fully saturated rings. The van der Waals surface area contributed by atoms with Gasteiger partial charge in [-0.1, -0.05) is 6.08 Å². The molecule has 0 amide bonds. The van der Waals surface area contributed by atoms with E-state index in [9.17, 15) is 14.7 Å². The maximum Gasteiger partial charge on any atom is 0.336 e. The zero-order valence-electron chi connectivity index (χ0n) is 14.5. The van der Waals surface area contributed by atoms with Crippen molar-refractivity contribution in [2.45, 2.75) is 45.5 Å². The number of allylic oxidation sites excluding steroid dienone is 1. The highest BCUT2D eigenvalue weighted by Gasteiger charge is 2.47. The Hall–Kier alpha value is -2.60. The zero-order valence-corrected chi connectivity index (χ0v) is 14.5. The van der Waals surface area contributed by atoms with Crippen LogP contribution >= 0.6 is 0 Å². The lowest BCUT2D eigenvalue weighted by atomic mass is 9.87. The molecule has 25 heavy (non-hydrogen) atoms. The summed E-state index contributed by atoms with van der Waals surface area (Å²) in [6.07, 6.45) is -0.520. The first-order valence-electron chi connectivity index (χ1n) is 8.02. The minimum atomic E-state index is -1.19. The SMILES string of the molecule is C/C=C(\C)C(=O)O[C@@H]1[C@H](O)c2c(ccc3ccc(=O)oc23)OC1(C)C. The lowest BCUT2D eigenvalue weighted by molar-refractivity contribution is -0.173. The molecule has 1 N–H and O–H groups in total. The highest BCUT2D eigenvalue weighted by molar-refractivity contribution is 5.88. The van der Waals surface area contributed by atoms with E-state index < -0.39 is 29.4 Å². The first kappa shape index (κ1) is 17.2. The molecular weight excluding hydrogens is 324 g/mol. The van der Waals surface area contributed by atoms with Gasteiger partial charge in [0.05, 0.1) is 5.56 Å². The molecule has 1 aromatic heterocycles. The van der Waals surface area contributed by atoms with Crippen LogP contribution < -0.4 is 10.4 Å². The summed E-state index contributed by atoms with van der Waals surface area (Å²) in [5.74, 6) is -0.136. The topological polar surface area (TPSA) is 86.0 Å². The molecule has 132 valence electrons. The number of hydrogen-bond acceptors (Lipinski definition) is 6. The number of aliphatic hydroxyl groups excluding tert-OH is 1. The Morgan fingerprint density at radius 1 is 1.28 bits per heavy atom. The van der Waals surface area contributed by atoms with Gasteiger partial charge >= 0.3 is 11.6 Å². The van der Waals surface area contributed by atoms with Crippen molar-refractivity contribution in [3.8, 4) is 5.75 Å². The molecule has 6 nitrogen and oxygen atoms in total. The molecule has 0 saturated heterocycles. The summed E-state index contributed by atoms with van der Waals surface area (Å²) in [7, 11) is 0. The van der Waals surface area contributed by atoms with Crippen LogP contribution in [0.15, 0.2) is 45.1 Å². The predicted molar refractivity (Wildman–Crippen MR) is 91.5 cm³/mol. The summed E-state index contributed by atoms with van der Waals surface area (Å²) in [6, 6.07) is 6.37. The fourth-order valence-corrected chi connectivity index (χ4v) is 2.91. The molecule has 1 aliphatic heterocycles. The van der Waals surface area contributed by atoms with Gasteiger partial charge in [-0.15, -0.1) is 0 Å². The Morgan fingerprint density at radius 2 is 1.96 bits per heavy atom. The monoisotopic (exact) mass is 344 g/mol. The number of aliphatic hydroxyl groups is 1. The Bertz CT molecular complexity index is 921. The zero-order chi connectivity index (χ0) is 18.4. The number of ether oxygens (including phenoxy) is 2. The molecule has 3 rings (SSSR count). The third-order valence-electron chi connectivity index (χ3n) is 4.42. The average Bonchev–Trinajstić information content (AvgIpc) is 2.56. The molecule has 0 radical (unpaired) electrons. The van der Waals surface area contributed by atoms with E-state index in [1.807, 2.05) is 0 Å². The van der Waals surface area contributed by atoms with Gasteiger partial charge in [-0.2, -0.15) is 0 Å². The average molecular weight is 344 g/mol. The largest absolute Gasteiger partial charge is 0.483 e. The third kappa shape index (κ3) is 2.93. The second-order valence-electron chi connectivity index (χ2n) is 6.60. The highest BCUT2D eigenvalue weighted by atomic mass is 16.6. The van der Waals surface area contributed by atoms with E-state index in [4.69, 9.17) is 13.9 Å². The lowest BCUT2D eigenvalue weighted by Crippen LogP contribution is -2.51. The second-order valence-corrected chi connectivity index (χ2v) is 6.60. The number of carbonyl (C=O) groups excluding carboxylic acids is 1. The van der Waals surface area contributed by atoms with Crippen molar-refractivity contribution in [2.24, 2.45) is 0 Å². The molecule has 0 bridgehead atoms. The number of rotatable bonds is 2. The van der Waals surface area contributed by atoms with Gasteiger partial charge in [-0.05, 0) is 45.9 Å². The lowest BCUT2D eigenvalue weighted by Gasteiger charge is -2.42. The Kier molecular flexibility index (Phi) is 4.16. The van der Waals surface area contributed by atoms with Gasteiger partial charge in [-0.25, -0.2) is 9.59 Å². The molecule has 0 unspecified atom stereocenters. The standard InChI is InChI=1S/C19H20O6/c1-5-10(2)18(22)24-17-15(21)14-12(25-19(17,3)4)8-6-11-7-9-13(20)23-16(11)14/h5-9,15,17,21H,1-4H3/b10-5+/t15-,17-/m1/s1. The van der Waals surface area contributed by atoms with E-state index in [0.29, 0.717) is 22.3 Å². The number of benzene rings is 1. The first-order valence-corrected chi connectivity index (χ1v) is 8.02. The van der Waals surface area contributed by atoms with Gasteiger partial charge in [-0.3, -0.25) is 0 Å². The smallest absolute Gasteiger partial charge is 0.336 e. The molecule has 0 aliphatic carbocycles. The van der Waals surface area contributed by atoms with Gasteiger partial charge in [0.15, 0.2) is 6.10 Å². The van der Waals surface area contributed by atoms with Crippen LogP contribution in [0.4, 0.5) is 0 Å². The van der Waals surface area contributed by atoms with E-state index in [0.717, 1.165) is 0 Å². The second kappa shape index (κ2) is 6.04. The summed E-state index contributed by atoms with van der Waals surface area (Å²) in [6.45, 7) is 6.82. The molecule has 1 aliphatic rings. The third-order valence-corrected chi connectivity index (χ3v) is 4.42. The number of esters is 1. The Balaban J connectivity index is 2.12. The van der Waals surface area contributed by atoms with Crippen LogP contribution in [0, 0.1) is 0 Å². The van der Waals surface area contributed by atoms with Crippen LogP contribution in [0.25, 0.3) is 11.0 Å². The fraction of sp³-hybridized carbons (Fsp3) is 0.368. The number of carbonyl (C=O) groups is 1. The minimum Gasteiger partial charge on any atom is -0.483 e. The van der Waals surface area contributed by atoms with Gasteiger partial charge in [0.25, 0.3) is 0 Å². The van der Waals surface area contributed by atoms with Crippen LogP contribution in [-0.4, -0.2) is 22.8 Å². The van der Waals surface area contributed by atoms with Crippen LogP contribution in [-0.2, 0) is 9.53 Å². The number of hydrogen-bond donors (Lipinski definition) is 1. The molecule has 1 aromatic carbocycles.